The lowest BCUT2D eigenvalue weighted by Crippen LogP contribution is -2.55. The monoisotopic (exact) mass is 657 g/mol. The summed E-state index contributed by atoms with van der Waals surface area (Å²) >= 11 is 2.21. The van der Waals surface area contributed by atoms with Gasteiger partial charge in [0.05, 0.1) is 5.69 Å². The van der Waals surface area contributed by atoms with Crippen molar-refractivity contribution < 1.29 is 31.8 Å². The number of carbonyl (C=O) groups excluding carboxylic acids is 1. The Balaban J connectivity index is 1.81. The van der Waals surface area contributed by atoms with E-state index in [4.69, 9.17) is 4.74 Å². The lowest BCUT2D eigenvalue weighted by Gasteiger charge is -2.36. The molecule has 1 aliphatic heterocycles. The predicted octanol–water partition coefficient (Wildman–Crippen LogP) is 6.22. The van der Waals surface area contributed by atoms with Gasteiger partial charge in [0, 0.05) is 36.3 Å². The largest absolute Gasteiger partial charge is 0.461 e. The second-order valence-electron chi connectivity index (χ2n) is 9.23. The maximum absolute atomic E-state index is 13.8. The number of amides is 2. The van der Waals surface area contributed by atoms with Gasteiger partial charge >= 0.3 is 18.6 Å². The molecule has 1 aromatic heterocycles. The minimum atomic E-state index is -4.69. The molecule has 0 bridgehead atoms. The van der Waals surface area contributed by atoms with Crippen LogP contribution in [0.2, 0.25) is 0 Å². The molecule has 2 N–H and O–H groups in total. The van der Waals surface area contributed by atoms with Crippen LogP contribution in [0.25, 0.3) is 0 Å². The molecule has 1 saturated heterocycles. The maximum atomic E-state index is 13.8. The van der Waals surface area contributed by atoms with Crippen LogP contribution < -0.4 is 15.4 Å². The van der Waals surface area contributed by atoms with Crippen LogP contribution in [0.15, 0.2) is 72.9 Å². The lowest BCUT2D eigenvalue weighted by molar-refractivity contribution is -0.253. The van der Waals surface area contributed by atoms with E-state index in [9.17, 15) is 22.4 Å². The van der Waals surface area contributed by atoms with E-state index in [-0.39, 0.29) is 12.5 Å². The summed E-state index contributed by atoms with van der Waals surface area (Å²) in [6.07, 6.45) is -5.53. The molecule has 208 valence electrons. The lowest BCUT2D eigenvalue weighted by atomic mass is 9.80. The van der Waals surface area contributed by atoms with Crippen molar-refractivity contribution in [2.75, 3.05) is 13.2 Å². The van der Waals surface area contributed by atoms with Crippen LogP contribution in [0.5, 0.6) is 5.75 Å². The van der Waals surface area contributed by atoms with Crippen LogP contribution in [0, 0.1) is 0 Å². The summed E-state index contributed by atoms with van der Waals surface area (Å²) in [6.45, 7) is 1.05. The molecule has 2 amide bonds. The molecule has 2 aromatic carbocycles. The van der Waals surface area contributed by atoms with Gasteiger partial charge in [-0.15, -0.1) is 0 Å². The summed E-state index contributed by atoms with van der Waals surface area (Å²) < 4.78 is 63.9. The van der Waals surface area contributed by atoms with Crippen LogP contribution in [-0.2, 0) is 21.1 Å². The molecule has 0 saturated carbocycles. The Morgan fingerprint density at radius 3 is 2.44 bits per heavy atom. The molecule has 0 radical (unpaired) electrons. The van der Waals surface area contributed by atoms with E-state index in [0.717, 1.165) is 11.1 Å². The Bertz CT molecular complexity index is 1230. The number of benzene rings is 2. The number of carbonyl (C=O) groups is 1. The van der Waals surface area contributed by atoms with Crippen molar-refractivity contribution in [3.8, 4) is 5.75 Å². The van der Waals surface area contributed by atoms with Crippen molar-refractivity contribution in [2.45, 2.75) is 47.8 Å². The molecule has 0 aliphatic carbocycles. The van der Waals surface area contributed by atoms with Gasteiger partial charge in [-0.2, -0.15) is 17.6 Å². The fraction of sp³-hybridized carbons (Fsp3) is 0.357. The average molecular weight is 657 g/mol. The summed E-state index contributed by atoms with van der Waals surface area (Å²) in [4.78, 5) is 18.1. The normalized spacial score (nSPS) is 15.9. The van der Waals surface area contributed by atoms with Gasteiger partial charge in [-0.3, -0.25) is 4.98 Å². The Kier molecular flexibility index (Phi) is 9.65. The van der Waals surface area contributed by atoms with Crippen molar-refractivity contribution in [1.82, 2.24) is 15.6 Å². The first kappa shape index (κ1) is 29.1. The minimum absolute atomic E-state index is 0.109. The standard InChI is InChI=1S/C28H28F4IN3O3/c29-25(30)28(31,32)39-23-8-4-7-21(15-23)27(16-19-5-2-1-3-6-19,24-10-9-20(17-33)18-34-24)36-26(37)35-22-11-13-38-14-12-22/h1-10,15,18,22,25H,11-14,16-17H2,(H2,35,36,37)/t27-/m0/s1. The molecule has 3 aromatic rings. The van der Waals surface area contributed by atoms with Crippen molar-refractivity contribution in [2.24, 2.45) is 0 Å². The summed E-state index contributed by atoms with van der Waals surface area (Å²) in [7, 11) is 0. The number of nitrogens with zero attached hydrogens (tertiary/aromatic N) is 1. The second kappa shape index (κ2) is 12.9. The summed E-state index contributed by atoms with van der Waals surface area (Å²) in [6, 6.07) is 17.8. The van der Waals surface area contributed by atoms with Gasteiger partial charge in [-0.05, 0) is 47.7 Å². The summed E-state index contributed by atoms with van der Waals surface area (Å²) in [5.41, 5.74) is 1.20. The van der Waals surface area contributed by atoms with Gasteiger partial charge in [0.15, 0.2) is 0 Å². The minimum Gasteiger partial charge on any atom is -0.428 e. The Labute approximate surface area is 237 Å². The van der Waals surface area contributed by atoms with Crippen molar-refractivity contribution in [3.63, 3.8) is 0 Å². The maximum Gasteiger partial charge on any atom is 0.461 e. The van der Waals surface area contributed by atoms with E-state index in [1.165, 1.54) is 18.2 Å². The van der Waals surface area contributed by atoms with Gasteiger partial charge in [-0.1, -0.05) is 71.1 Å². The molecule has 4 rings (SSSR count). The van der Waals surface area contributed by atoms with E-state index in [2.05, 4.69) is 42.9 Å². The van der Waals surface area contributed by atoms with Gasteiger partial charge in [-0.25, -0.2) is 4.79 Å². The van der Waals surface area contributed by atoms with Crippen LogP contribution in [0.4, 0.5) is 22.4 Å². The van der Waals surface area contributed by atoms with Crippen molar-refractivity contribution in [3.05, 3.63) is 95.3 Å². The van der Waals surface area contributed by atoms with E-state index in [0.29, 0.717) is 41.7 Å². The SMILES string of the molecule is O=C(NC1CCOCC1)N[C@@](Cc1ccccc1)(c1cccc(OC(F)(F)C(F)F)c1)c1ccc(CI)cn1. The quantitative estimate of drug-likeness (QED) is 0.155. The first-order valence-corrected chi connectivity index (χ1v) is 13.9. The Morgan fingerprint density at radius 1 is 1.05 bits per heavy atom. The molecule has 0 unspecified atom stereocenters. The number of ether oxygens (including phenoxy) is 2. The number of nitrogens with one attached hydrogen (secondary N) is 2. The molecule has 11 heteroatoms. The van der Waals surface area contributed by atoms with E-state index >= 15 is 0 Å². The summed E-state index contributed by atoms with van der Waals surface area (Å²) in [5.74, 6) is -0.467. The van der Waals surface area contributed by atoms with Crippen LogP contribution in [0.1, 0.15) is 35.2 Å². The third-order valence-electron chi connectivity index (χ3n) is 6.45. The Morgan fingerprint density at radius 2 is 1.79 bits per heavy atom. The fourth-order valence-electron chi connectivity index (χ4n) is 4.46. The molecule has 0 spiro atoms. The number of aromatic nitrogens is 1. The predicted molar refractivity (Wildman–Crippen MR) is 146 cm³/mol. The van der Waals surface area contributed by atoms with E-state index in [1.54, 1.807) is 18.3 Å². The molecule has 39 heavy (non-hydrogen) atoms. The van der Waals surface area contributed by atoms with Crippen LogP contribution in [0.3, 0.4) is 0 Å². The molecule has 6 nitrogen and oxygen atoms in total. The van der Waals surface area contributed by atoms with Gasteiger partial charge in [0.25, 0.3) is 0 Å². The number of hydrogen-bond donors (Lipinski definition) is 2. The topological polar surface area (TPSA) is 72.5 Å². The zero-order chi connectivity index (χ0) is 27.9. The average Bonchev–Trinajstić information content (AvgIpc) is 2.93. The first-order valence-electron chi connectivity index (χ1n) is 12.4. The van der Waals surface area contributed by atoms with Gasteiger partial charge in [0.2, 0.25) is 0 Å². The highest BCUT2D eigenvalue weighted by Gasteiger charge is 2.45. The number of alkyl halides is 5. The molecule has 1 aliphatic rings. The third-order valence-corrected chi connectivity index (χ3v) is 7.33. The van der Waals surface area contributed by atoms with Gasteiger partial charge < -0.3 is 20.1 Å². The fourth-order valence-corrected chi connectivity index (χ4v) is 4.91. The highest BCUT2D eigenvalue weighted by atomic mass is 127. The smallest absolute Gasteiger partial charge is 0.428 e. The highest BCUT2D eigenvalue weighted by Crippen LogP contribution is 2.36. The van der Waals surface area contributed by atoms with Crippen LogP contribution in [-0.4, -0.2) is 42.8 Å². The van der Waals surface area contributed by atoms with Crippen molar-refractivity contribution in [1.29, 1.82) is 0 Å². The van der Waals surface area contributed by atoms with Crippen molar-refractivity contribution >= 4 is 28.6 Å². The molecule has 1 atom stereocenters. The Hall–Kier alpha value is -2.93. The number of urea groups is 1. The number of hydrogen-bond acceptors (Lipinski definition) is 4. The molecular formula is C28H28F4IN3O3. The van der Waals surface area contributed by atoms with E-state index in [1.807, 2.05) is 36.4 Å². The molecular weight excluding hydrogens is 629 g/mol. The molecule has 2 heterocycles. The number of pyridine rings is 1. The zero-order valence-corrected chi connectivity index (χ0v) is 23.0. The third kappa shape index (κ3) is 7.38. The van der Waals surface area contributed by atoms with Crippen LogP contribution >= 0.6 is 22.6 Å². The zero-order valence-electron chi connectivity index (χ0n) is 20.9. The number of halogens is 5. The second-order valence-corrected chi connectivity index (χ2v) is 9.99. The molecule has 1 fully saturated rings. The first-order chi connectivity index (χ1) is 18.7. The van der Waals surface area contributed by atoms with Gasteiger partial charge in [0.1, 0.15) is 11.3 Å². The number of rotatable bonds is 10. The van der Waals surface area contributed by atoms with E-state index < -0.39 is 29.9 Å². The highest BCUT2D eigenvalue weighted by molar-refractivity contribution is 14.1. The summed E-state index contributed by atoms with van der Waals surface area (Å²) in [5, 5.41) is 6.04.